The Hall–Kier alpha value is -2.71. The molecule has 2 rings (SSSR count). The van der Waals surface area contributed by atoms with Crippen molar-refractivity contribution in [1.29, 1.82) is 0 Å². The van der Waals surface area contributed by atoms with Crippen LogP contribution in [-0.2, 0) is 6.54 Å². The van der Waals surface area contributed by atoms with Crippen molar-refractivity contribution >= 4 is 17.3 Å². The van der Waals surface area contributed by atoms with Crippen LogP contribution in [0.15, 0.2) is 25.0 Å². The van der Waals surface area contributed by atoms with E-state index in [1.54, 1.807) is 19.6 Å². The Morgan fingerprint density at radius 1 is 1.40 bits per heavy atom. The standard InChI is InChI=1S/C11H15N7O2/c1-12-10-9(18(19)20)11(16-7-15-10)14-3-2-5-17-6-4-13-8-17/h4,6-8H,2-3,5H2,1H3,(H2,12,14,15,16). The van der Waals surface area contributed by atoms with Gasteiger partial charge in [0.25, 0.3) is 0 Å². The van der Waals surface area contributed by atoms with Crippen molar-refractivity contribution in [3.8, 4) is 0 Å². The minimum Gasteiger partial charge on any atom is -0.367 e. The molecular formula is C11H15N7O2. The number of nitro groups is 1. The first kappa shape index (κ1) is 13.7. The van der Waals surface area contributed by atoms with Crippen molar-refractivity contribution in [3.63, 3.8) is 0 Å². The molecule has 0 unspecified atom stereocenters. The minimum atomic E-state index is -0.496. The molecule has 0 aliphatic heterocycles. The van der Waals surface area contributed by atoms with E-state index in [9.17, 15) is 10.1 Å². The topological polar surface area (TPSA) is 111 Å². The van der Waals surface area contributed by atoms with E-state index in [1.165, 1.54) is 6.33 Å². The molecule has 106 valence electrons. The maximum absolute atomic E-state index is 11.1. The molecule has 0 aliphatic carbocycles. The lowest BCUT2D eigenvalue weighted by molar-refractivity contribution is -0.383. The third-order valence-electron chi connectivity index (χ3n) is 2.69. The smallest absolute Gasteiger partial charge is 0.353 e. The molecule has 0 atom stereocenters. The summed E-state index contributed by atoms with van der Waals surface area (Å²) in [5.41, 5.74) is -0.141. The summed E-state index contributed by atoms with van der Waals surface area (Å²) in [6, 6.07) is 0. The molecule has 0 fully saturated rings. The van der Waals surface area contributed by atoms with Crippen LogP contribution >= 0.6 is 0 Å². The Balaban J connectivity index is 1.96. The lowest BCUT2D eigenvalue weighted by Gasteiger charge is -2.08. The zero-order valence-electron chi connectivity index (χ0n) is 11.0. The molecule has 9 nitrogen and oxygen atoms in total. The van der Waals surface area contributed by atoms with Crippen LogP contribution in [0.25, 0.3) is 0 Å². The molecule has 0 saturated carbocycles. The zero-order chi connectivity index (χ0) is 14.4. The van der Waals surface area contributed by atoms with E-state index in [4.69, 9.17) is 0 Å². The van der Waals surface area contributed by atoms with E-state index in [0.717, 1.165) is 13.0 Å². The van der Waals surface area contributed by atoms with Crippen LogP contribution in [0.4, 0.5) is 17.3 Å². The normalized spacial score (nSPS) is 10.2. The molecule has 0 amide bonds. The fourth-order valence-electron chi connectivity index (χ4n) is 1.75. The number of rotatable bonds is 7. The molecule has 0 saturated heterocycles. The summed E-state index contributed by atoms with van der Waals surface area (Å²) in [7, 11) is 1.58. The summed E-state index contributed by atoms with van der Waals surface area (Å²) in [4.78, 5) is 22.3. The Bertz CT molecular complexity index is 570. The second kappa shape index (κ2) is 6.45. The van der Waals surface area contributed by atoms with Crippen LogP contribution in [-0.4, -0.2) is 38.0 Å². The fourth-order valence-corrected chi connectivity index (χ4v) is 1.75. The molecular weight excluding hydrogens is 262 g/mol. The molecule has 2 aromatic rings. The molecule has 0 aromatic carbocycles. The van der Waals surface area contributed by atoms with Crippen LogP contribution in [0.3, 0.4) is 0 Å². The number of hydrogen-bond acceptors (Lipinski definition) is 7. The quantitative estimate of drug-likeness (QED) is 0.443. The number of hydrogen-bond donors (Lipinski definition) is 2. The molecule has 0 bridgehead atoms. The number of aromatic nitrogens is 4. The van der Waals surface area contributed by atoms with E-state index in [-0.39, 0.29) is 17.3 Å². The van der Waals surface area contributed by atoms with Crippen LogP contribution in [0.5, 0.6) is 0 Å². The van der Waals surface area contributed by atoms with E-state index in [1.807, 2.05) is 10.8 Å². The number of nitrogens with zero attached hydrogens (tertiary/aromatic N) is 5. The van der Waals surface area contributed by atoms with Gasteiger partial charge in [-0.05, 0) is 6.42 Å². The number of nitrogens with one attached hydrogen (secondary N) is 2. The first-order chi connectivity index (χ1) is 9.72. The van der Waals surface area contributed by atoms with Gasteiger partial charge in [-0.1, -0.05) is 0 Å². The van der Waals surface area contributed by atoms with E-state index < -0.39 is 4.92 Å². The number of anilines is 2. The van der Waals surface area contributed by atoms with Gasteiger partial charge in [-0.15, -0.1) is 0 Å². The van der Waals surface area contributed by atoms with Gasteiger partial charge in [0.05, 0.1) is 11.3 Å². The summed E-state index contributed by atoms with van der Waals surface area (Å²) in [6.45, 7) is 1.35. The highest BCUT2D eigenvalue weighted by Gasteiger charge is 2.21. The summed E-state index contributed by atoms with van der Waals surface area (Å²) in [6.07, 6.45) is 7.39. The Labute approximate surface area is 115 Å². The Kier molecular flexibility index (Phi) is 4.43. The molecule has 2 N–H and O–H groups in total. The molecule has 9 heteroatoms. The highest BCUT2D eigenvalue weighted by atomic mass is 16.6. The number of aryl methyl sites for hydroxylation is 1. The van der Waals surface area contributed by atoms with Crippen LogP contribution in [0.1, 0.15) is 6.42 Å². The average Bonchev–Trinajstić information content (AvgIpc) is 2.96. The van der Waals surface area contributed by atoms with Crippen molar-refractivity contribution in [2.75, 3.05) is 24.2 Å². The second-order valence-electron chi connectivity index (χ2n) is 4.01. The summed E-state index contributed by atoms with van der Waals surface area (Å²) in [5, 5.41) is 16.7. The van der Waals surface area contributed by atoms with Gasteiger partial charge < -0.3 is 15.2 Å². The molecule has 2 heterocycles. The predicted octanol–water partition coefficient (Wildman–Crippen LogP) is 1.13. The van der Waals surface area contributed by atoms with Crippen molar-refractivity contribution in [2.45, 2.75) is 13.0 Å². The van der Waals surface area contributed by atoms with Crippen LogP contribution in [0, 0.1) is 10.1 Å². The third kappa shape index (κ3) is 3.19. The average molecular weight is 277 g/mol. The monoisotopic (exact) mass is 277 g/mol. The predicted molar refractivity (Wildman–Crippen MR) is 73.6 cm³/mol. The van der Waals surface area contributed by atoms with Crippen molar-refractivity contribution in [3.05, 3.63) is 35.2 Å². The largest absolute Gasteiger partial charge is 0.367 e. The lowest BCUT2D eigenvalue weighted by Crippen LogP contribution is -2.10. The summed E-state index contributed by atoms with van der Waals surface area (Å²) >= 11 is 0. The molecule has 0 aliphatic rings. The molecule has 0 radical (unpaired) electrons. The molecule has 0 spiro atoms. The van der Waals surface area contributed by atoms with Crippen LogP contribution in [0.2, 0.25) is 0 Å². The van der Waals surface area contributed by atoms with Gasteiger partial charge in [0, 0.05) is 32.5 Å². The summed E-state index contributed by atoms with van der Waals surface area (Å²) in [5.74, 6) is 0.419. The Morgan fingerprint density at radius 3 is 2.85 bits per heavy atom. The van der Waals surface area contributed by atoms with Gasteiger partial charge in [0.2, 0.25) is 11.6 Å². The first-order valence-corrected chi connectivity index (χ1v) is 6.09. The van der Waals surface area contributed by atoms with Crippen molar-refractivity contribution in [2.24, 2.45) is 0 Å². The number of imidazole rings is 1. The van der Waals surface area contributed by atoms with E-state index in [2.05, 4.69) is 25.6 Å². The van der Waals surface area contributed by atoms with Gasteiger partial charge in [-0.25, -0.2) is 15.0 Å². The van der Waals surface area contributed by atoms with Crippen molar-refractivity contribution < 1.29 is 4.92 Å². The molecule has 20 heavy (non-hydrogen) atoms. The van der Waals surface area contributed by atoms with Gasteiger partial charge >= 0.3 is 5.69 Å². The van der Waals surface area contributed by atoms with Gasteiger partial charge in [-0.2, -0.15) is 0 Å². The van der Waals surface area contributed by atoms with Crippen molar-refractivity contribution in [1.82, 2.24) is 19.5 Å². The maximum atomic E-state index is 11.1. The third-order valence-corrected chi connectivity index (χ3v) is 2.69. The Morgan fingerprint density at radius 2 is 2.20 bits per heavy atom. The van der Waals surface area contributed by atoms with E-state index in [0.29, 0.717) is 6.54 Å². The highest BCUT2D eigenvalue weighted by molar-refractivity contribution is 5.68. The lowest BCUT2D eigenvalue weighted by atomic mass is 10.3. The maximum Gasteiger partial charge on any atom is 0.353 e. The van der Waals surface area contributed by atoms with E-state index >= 15 is 0 Å². The zero-order valence-corrected chi connectivity index (χ0v) is 11.0. The van der Waals surface area contributed by atoms with Gasteiger partial charge in [0.15, 0.2) is 0 Å². The first-order valence-electron chi connectivity index (χ1n) is 6.09. The molecule has 2 aromatic heterocycles. The van der Waals surface area contributed by atoms with Gasteiger partial charge in [-0.3, -0.25) is 10.1 Å². The summed E-state index contributed by atoms with van der Waals surface area (Å²) < 4.78 is 1.94. The second-order valence-corrected chi connectivity index (χ2v) is 4.01. The van der Waals surface area contributed by atoms with Gasteiger partial charge in [0.1, 0.15) is 6.33 Å². The SMILES string of the molecule is CNc1ncnc(NCCCn2ccnc2)c1[N+](=O)[O-]. The minimum absolute atomic E-state index is 0.141. The van der Waals surface area contributed by atoms with Crippen LogP contribution < -0.4 is 10.6 Å². The highest BCUT2D eigenvalue weighted by Crippen LogP contribution is 2.28. The fraction of sp³-hybridized carbons (Fsp3) is 0.364.